The first-order valence-electron chi connectivity index (χ1n) is 5.92. The van der Waals surface area contributed by atoms with Crippen LogP contribution < -0.4 is 15.2 Å². The van der Waals surface area contributed by atoms with E-state index in [1.807, 2.05) is 25.1 Å². The highest BCUT2D eigenvalue weighted by molar-refractivity contribution is 5.89. The Kier molecular flexibility index (Phi) is 3.43. The summed E-state index contributed by atoms with van der Waals surface area (Å²) in [5.41, 5.74) is 6.84. The van der Waals surface area contributed by atoms with E-state index in [1.165, 1.54) is 0 Å². The van der Waals surface area contributed by atoms with Crippen molar-refractivity contribution in [2.24, 2.45) is 5.73 Å². The lowest BCUT2D eigenvalue weighted by atomic mass is 9.89. The van der Waals surface area contributed by atoms with Crippen LogP contribution in [0.1, 0.15) is 18.5 Å². The summed E-state index contributed by atoms with van der Waals surface area (Å²) in [4.78, 5) is 13.4. The number of carbonyl (C=O) groups is 1. The van der Waals surface area contributed by atoms with Gasteiger partial charge in [0.2, 0.25) is 5.91 Å². The summed E-state index contributed by atoms with van der Waals surface area (Å²) in [6.45, 7) is 2.60. The molecule has 0 radical (unpaired) electrons. The molecule has 5 nitrogen and oxygen atoms in total. The van der Waals surface area contributed by atoms with Crippen LogP contribution in [-0.4, -0.2) is 37.6 Å². The molecule has 0 bridgehead atoms. The van der Waals surface area contributed by atoms with Crippen LogP contribution in [0.15, 0.2) is 18.2 Å². The van der Waals surface area contributed by atoms with Crippen molar-refractivity contribution in [1.82, 2.24) is 4.90 Å². The molecule has 1 aromatic rings. The number of likely N-dealkylation sites (N-methyl/N-ethyl adjacent to an activating group) is 1. The number of β-lactam (4-membered cyclic amide) rings is 1. The molecule has 0 aliphatic carbocycles. The van der Waals surface area contributed by atoms with Crippen molar-refractivity contribution in [3.63, 3.8) is 0 Å². The van der Waals surface area contributed by atoms with Crippen LogP contribution in [-0.2, 0) is 4.79 Å². The molecule has 1 aromatic carbocycles. The van der Waals surface area contributed by atoms with E-state index in [1.54, 1.807) is 19.1 Å². The Balaban J connectivity index is 2.31. The van der Waals surface area contributed by atoms with E-state index < -0.39 is 6.04 Å². The van der Waals surface area contributed by atoms with E-state index in [2.05, 4.69) is 0 Å². The average molecular weight is 250 g/mol. The zero-order valence-electron chi connectivity index (χ0n) is 10.8. The Hall–Kier alpha value is -1.75. The number of carbonyl (C=O) groups excluding carboxylic acids is 1. The van der Waals surface area contributed by atoms with Crippen molar-refractivity contribution in [1.29, 1.82) is 0 Å². The summed E-state index contributed by atoms with van der Waals surface area (Å²) in [7, 11) is 3.18. The fourth-order valence-corrected chi connectivity index (χ4v) is 2.35. The van der Waals surface area contributed by atoms with Gasteiger partial charge in [0, 0.05) is 6.54 Å². The first kappa shape index (κ1) is 12.7. The second-order valence-electron chi connectivity index (χ2n) is 4.21. The second-order valence-corrected chi connectivity index (χ2v) is 4.21. The van der Waals surface area contributed by atoms with Crippen LogP contribution in [0.5, 0.6) is 11.5 Å². The van der Waals surface area contributed by atoms with Crippen molar-refractivity contribution in [2.75, 3.05) is 20.8 Å². The Morgan fingerprint density at radius 2 is 1.94 bits per heavy atom. The molecule has 1 heterocycles. The number of hydrogen-bond donors (Lipinski definition) is 1. The number of benzene rings is 1. The van der Waals surface area contributed by atoms with Crippen LogP contribution in [0, 0.1) is 0 Å². The predicted molar refractivity (Wildman–Crippen MR) is 67.6 cm³/mol. The maximum absolute atomic E-state index is 11.6. The number of nitrogens with zero attached hydrogens (tertiary/aromatic N) is 1. The fourth-order valence-electron chi connectivity index (χ4n) is 2.35. The summed E-state index contributed by atoms with van der Waals surface area (Å²) >= 11 is 0. The summed E-state index contributed by atoms with van der Waals surface area (Å²) in [6.07, 6.45) is 0. The van der Waals surface area contributed by atoms with Crippen molar-refractivity contribution in [2.45, 2.75) is 19.0 Å². The van der Waals surface area contributed by atoms with Gasteiger partial charge in [-0.05, 0) is 24.6 Å². The largest absolute Gasteiger partial charge is 0.493 e. The summed E-state index contributed by atoms with van der Waals surface area (Å²) in [6, 6.07) is 5.10. The van der Waals surface area contributed by atoms with Crippen molar-refractivity contribution in [3.05, 3.63) is 23.8 Å². The zero-order valence-corrected chi connectivity index (χ0v) is 10.8. The molecular weight excluding hydrogens is 232 g/mol. The van der Waals surface area contributed by atoms with Crippen LogP contribution >= 0.6 is 0 Å². The smallest absolute Gasteiger partial charge is 0.242 e. The molecular formula is C13H18N2O3. The highest BCUT2D eigenvalue weighted by Crippen LogP contribution is 2.37. The number of rotatable bonds is 4. The number of nitrogens with two attached hydrogens (primary N) is 1. The van der Waals surface area contributed by atoms with Gasteiger partial charge < -0.3 is 20.1 Å². The minimum atomic E-state index is -0.456. The molecule has 2 rings (SSSR count). The first-order valence-corrected chi connectivity index (χ1v) is 5.92. The van der Waals surface area contributed by atoms with Gasteiger partial charge in [0.15, 0.2) is 11.5 Å². The molecule has 0 unspecified atom stereocenters. The maximum atomic E-state index is 11.6. The van der Waals surface area contributed by atoms with E-state index in [0.29, 0.717) is 18.0 Å². The lowest BCUT2D eigenvalue weighted by Crippen LogP contribution is -2.62. The third-order valence-electron chi connectivity index (χ3n) is 3.33. The molecule has 0 saturated carbocycles. The monoisotopic (exact) mass is 250 g/mol. The zero-order chi connectivity index (χ0) is 13.3. The number of hydrogen-bond acceptors (Lipinski definition) is 4. The van der Waals surface area contributed by atoms with E-state index in [9.17, 15) is 4.79 Å². The lowest BCUT2D eigenvalue weighted by molar-refractivity contribution is -0.149. The summed E-state index contributed by atoms with van der Waals surface area (Å²) in [5, 5.41) is 0. The number of likely N-dealkylation sites (tertiary alicyclic amines) is 1. The number of methoxy groups -OCH3 is 2. The molecule has 1 amide bonds. The summed E-state index contributed by atoms with van der Waals surface area (Å²) in [5.74, 6) is 1.32. The van der Waals surface area contributed by atoms with E-state index >= 15 is 0 Å². The van der Waals surface area contributed by atoms with E-state index in [-0.39, 0.29) is 11.9 Å². The Bertz CT molecular complexity index is 462. The third kappa shape index (κ3) is 1.80. The van der Waals surface area contributed by atoms with Gasteiger partial charge in [0.05, 0.1) is 20.3 Å². The van der Waals surface area contributed by atoms with Gasteiger partial charge in [0.25, 0.3) is 0 Å². The molecule has 18 heavy (non-hydrogen) atoms. The van der Waals surface area contributed by atoms with Crippen LogP contribution in [0.4, 0.5) is 0 Å². The molecule has 1 saturated heterocycles. The Morgan fingerprint density at radius 1 is 1.28 bits per heavy atom. The first-order chi connectivity index (χ1) is 8.63. The van der Waals surface area contributed by atoms with E-state index in [0.717, 1.165) is 5.56 Å². The Labute approximate surface area is 106 Å². The van der Waals surface area contributed by atoms with Gasteiger partial charge in [-0.3, -0.25) is 4.79 Å². The molecule has 2 atom stereocenters. The van der Waals surface area contributed by atoms with Gasteiger partial charge in [0.1, 0.15) is 6.04 Å². The number of amides is 1. The topological polar surface area (TPSA) is 64.8 Å². The predicted octanol–water partition coefficient (Wildman–Crippen LogP) is 0.934. The highest BCUT2D eigenvalue weighted by Gasteiger charge is 2.44. The van der Waals surface area contributed by atoms with Gasteiger partial charge in [-0.15, -0.1) is 0 Å². The average Bonchev–Trinajstić information content (AvgIpc) is 2.42. The molecule has 1 aliphatic rings. The summed E-state index contributed by atoms with van der Waals surface area (Å²) < 4.78 is 10.4. The highest BCUT2D eigenvalue weighted by atomic mass is 16.5. The fraction of sp³-hybridized carbons (Fsp3) is 0.462. The lowest BCUT2D eigenvalue weighted by Gasteiger charge is -2.45. The van der Waals surface area contributed by atoms with Crippen molar-refractivity contribution < 1.29 is 14.3 Å². The molecule has 1 aliphatic heterocycles. The van der Waals surface area contributed by atoms with Crippen molar-refractivity contribution in [3.8, 4) is 11.5 Å². The van der Waals surface area contributed by atoms with Crippen molar-refractivity contribution >= 4 is 5.91 Å². The maximum Gasteiger partial charge on any atom is 0.242 e. The van der Waals surface area contributed by atoms with E-state index in [4.69, 9.17) is 15.2 Å². The van der Waals surface area contributed by atoms with Gasteiger partial charge in [-0.2, -0.15) is 0 Å². The van der Waals surface area contributed by atoms with Gasteiger partial charge in [-0.1, -0.05) is 6.07 Å². The minimum absolute atomic E-state index is 0.00251. The molecule has 5 heteroatoms. The number of ether oxygens (including phenoxy) is 2. The second kappa shape index (κ2) is 4.86. The van der Waals surface area contributed by atoms with Crippen LogP contribution in [0.2, 0.25) is 0 Å². The SMILES string of the molecule is CCN1C(=O)[C@@H](N)[C@H]1c1ccc(OC)c(OC)c1. The molecule has 0 spiro atoms. The normalized spacial score (nSPS) is 22.7. The van der Waals surface area contributed by atoms with Crippen LogP contribution in [0.25, 0.3) is 0 Å². The molecule has 0 aromatic heterocycles. The van der Waals surface area contributed by atoms with Gasteiger partial charge in [-0.25, -0.2) is 0 Å². The molecule has 1 fully saturated rings. The van der Waals surface area contributed by atoms with Crippen LogP contribution in [0.3, 0.4) is 0 Å². The minimum Gasteiger partial charge on any atom is -0.493 e. The molecule has 98 valence electrons. The van der Waals surface area contributed by atoms with Gasteiger partial charge >= 0.3 is 0 Å². The quantitative estimate of drug-likeness (QED) is 0.807. The molecule has 2 N–H and O–H groups in total. The third-order valence-corrected chi connectivity index (χ3v) is 3.33. The standard InChI is InChI=1S/C13H18N2O3/c1-4-15-12(11(14)13(15)16)8-5-6-9(17-2)10(7-8)18-3/h5-7,11-12H,4,14H2,1-3H3/t11-,12+/m0/s1. The Morgan fingerprint density at radius 3 is 2.50 bits per heavy atom.